The fourth-order valence-electron chi connectivity index (χ4n) is 2.99. The highest BCUT2D eigenvalue weighted by Gasteiger charge is 2.35. The van der Waals surface area contributed by atoms with E-state index in [-0.39, 0.29) is 23.5 Å². The number of benzene rings is 2. The van der Waals surface area contributed by atoms with Crippen LogP contribution in [-0.4, -0.2) is 21.8 Å². The van der Waals surface area contributed by atoms with Crippen LogP contribution < -0.4 is 0 Å². The molecule has 2 amide bonds. The molecule has 0 atom stereocenters. The molecule has 7 heteroatoms. The average Bonchev–Trinajstić information content (AvgIpc) is 3.30. The Morgan fingerprint density at radius 1 is 1.03 bits per heavy atom. The number of Topliss-reactive ketones (excluding diaryl/α,β-unsaturated/α-hetero) is 1. The lowest BCUT2D eigenvalue weighted by atomic mass is 10.1. The quantitative estimate of drug-likeness (QED) is 0.231. The zero-order valence-electron chi connectivity index (χ0n) is 15.9. The maximum atomic E-state index is 12.7. The summed E-state index contributed by atoms with van der Waals surface area (Å²) in [6.45, 7) is 1.76. The molecule has 30 heavy (non-hydrogen) atoms. The third-order valence-corrected chi connectivity index (χ3v) is 6.23. The maximum Gasteiger partial charge on any atom is 0.293 e. The number of furan rings is 1. The molecule has 1 aromatic heterocycles. The molecule has 5 nitrogen and oxygen atoms in total. The summed E-state index contributed by atoms with van der Waals surface area (Å²) in [6, 6.07) is 18.4. The highest BCUT2D eigenvalue weighted by atomic mass is 127. The van der Waals surface area contributed by atoms with Crippen LogP contribution in [0.1, 0.15) is 28.6 Å². The molecule has 2 aromatic carbocycles. The van der Waals surface area contributed by atoms with Crippen molar-refractivity contribution < 1.29 is 18.8 Å². The predicted octanol–water partition coefficient (Wildman–Crippen LogP) is 5.99. The number of nitrogens with zero attached hydrogens (tertiary/aromatic N) is 1. The highest BCUT2D eigenvalue weighted by molar-refractivity contribution is 14.1. The minimum atomic E-state index is -0.327. The van der Waals surface area contributed by atoms with Crippen molar-refractivity contribution >= 4 is 57.4 Å². The number of halogens is 1. The van der Waals surface area contributed by atoms with E-state index in [2.05, 4.69) is 22.6 Å². The van der Waals surface area contributed by atoms with E-state index < -0.39 is 0 Å². The van der Waals surface area contributed by atoms with Crippen LogP contribution in [0.3, 0.4) is 0 Å². The van der Waals surface area contributed by atoms with Crippen molar-refractivity contribution in [1.29, 1.82) is 0 Å². The van der Waals surface area contributed by atoms with E-state index in [0.29, 0.717) is 22.0 Å². The van der Waals surface area contributed by atoms with E-state index in [1.54, 1.807) is 30.3 Å². The number of ketones is 1. The minimum absolute atomic E-state index is 0.00245. The molecule has 4 rings (SSSR count). The Kier molecular flexibility index (Phi) is 5.92. The van der Waals surface area contributed by atoms with Crippen LogP contribution in [0.4, 0.5) is 4.79 Å². The first-order chi connectivity index (χ1) is 14.4. The van der Waals surface area contributed by atoms with E-state index in [9.17, 15) is 14.4 Å². The van der Waals surface area contributed by atoms with Crippen LogP contribution in [0.15, 0.2) is 70.0 Å². The summed E-state index contributed by atoms with van der Waals surface area (Å²) in [4.78, 5) is 38.0. The number of hydrogen-bond donors (Lipinski definition) is 0. The Hall–Kier alpha value is -2.65. The number of amides is 2. The second kappa shape index (κ2) is 8.61. The van der Waals surface area contributed by atoms with Gasteiger partial charge in [0.2, 0.25) is 0 Å². The molecule has 3 aromatic rings. The lowest BCUT2D eigenvalue weighted by molar-refractivity contribution is -0.123. The number of rotatable bonds is 5. The summed E-state index contributed by atoms with van der Waals surface area (Å²) < 4.78 is 6.92. The van der Waals surface area contributed by atoms with Crippen molar-refractivity contribution in [2.24, 2.45) is 0 Å². The van der Waals surface area contributed by atoms with Gasteiger partial charge in [0.25, 0.3) is 11.1 Å². The van der Waals surface area contributed by atoms with Gasteiger partial charge in [-0.15, -0.1) is 0 Å². The van der Waals surface area contributed by atoms with E-state index >= 15 is 0 Å². The number of carbonyl (C=O) groups is 3. The molecule has 1 fully saturated rings. The molecular weight excluding hydrogens is 513 g/mol. The van der Waals surface area contributed by atoms with Gasteiger partial charge in [0.15, 0.2) is 5.78 Å². The zero-order chi connectivity index (χ0) is 21.3. The topological polar surface area (TPSA) is 67.6 Å². The molecule has 0 saturated carbocycles. The van der Waals surface area contributed by atoms with Crippen molar-refractivity contribution in [3.63, 3.8) is 0 Å². The first kappa shape index (κ1) is 20.6. The summed E-state index contributed by atoms with van der Waals surface area (Å²) in [6.07, 6.45) is 1.59. The SMILES string of the molecule is CC(=O)c1ccc(-c2ccc(/C=C3/SC(=O)N(Cc4ccc(I)cc4)C3=O)o2)cc1. The fourth-order valence-corrected chi connectivity index (χ4v) is 4.17. The summed E-state index contributed by atoms with van der Waals surface area (Å²) in [5.74, 6) is 0.782. The van der Waals surface area contributed by atoms with Gasteiger partial charge in [-0.3, -0.25) is 19.3 Å². The van der Waals surface area contributed by atoms with Gasteiger partial charge in [0, 0.05) is 20.8 Å². The van der Waals surface area contributed by atoms with Gasteiger partial charge < -0.3 is 4.42 Å². The smallest absolute Gasteiger partial charge is 0.293 e. The molecule has 1 aliphatic rings. The molecule has 1 saturated heterocycles. The Morgan fingerprint density at radius 3 is 2.40 bits per heavy atom. The molecule has 0 spiro atoms. The van der Waals surface area contributed by atoms with Gasteiger partial charge in [0.1, 0.15) is 11.5 Å². The summed E-state index contributed by atoms with van der Waals surface area (Å²) in [5, 5.41) is -0.295. The van der Waals surface area contributed by atoms with Gasteiger partial charge in [-0.05, 0) is 71.1 Å². The average molecular weight is 529 g/mol. The fraction of sp³-hybridized carbons (Fsp3) is 0.0870. The standard InChI is InChI=1S/C23H16INO4S/c1-14(26)16-4-6-17(7-5-16)20-11-10-19(29-20)12-21-22(27)25(23(28)30-21)13-15-2-8-18(24)9-3-15/h2-12H,13H2,1H3/b21-12+. The van der Waals surface area contributed by atoms with Crippen molar-refractivity contribution in [3.8, 4) is 11.3 Å². The largest absolute Gasteiger partial charge is 0.457 e. The molecule has 2 heterocycles. The van der Waals surface area contributed by atoms with Gasteiger partial charge in [-0.2, -0.15) is 0 Å². The van der Waals surface area contributed by atoms with E-state index in [4.69, 9.17) is 4.42 Å². The highest BCUT2D eigenvalue weighted by Crippen LogP contribution is 2.34. The lowest BCUT2D eigenvalue weighted by Gasteiger charge is -2.12. The van der Waals surface area contributed by atoms with Crippen LogP contribution in [0.5, 0.6) is 0 Å². The van der Waals surface area contributed by atoms with Crippen molar-refractivity contribution in [1.82, 2.24) is 4.90 Å². The van der Waals surface area contributed by atoms with Gasteiger partial charge in [-0.25, -0.2) is 0 Å². The molecule has 0 aliphatic carbocycles. The number of hydrogen-bond acceptors (Lipinski definition) is 5. The Balaban J connectivity index is 1.51. The monoisotopic (exact) mass is 529 g/mol. The number of thioether (sulfide) groups is 1. The molecule has 0 unspecified atom stereocenters. The zero-order valence-corrected chi connectivity index (χ0v) is 18.9. The Morgan fingerprint density at radius 2 is 1.73 bits per heavy atom. The summed E-state index contributed by atoms with van der Waals surface area (Å²) in [7, 11) is 0. The molecule has 1 aliphatic heterocycles. The van der Waals surface area contributed by atoms with Gasteiger partial charge in [-0.1, -0.05) is 36.4 Å². The number of carbonyl (C=O) groups excluding carboxylic acids is 3. The van der Waals surface area contributed by atoms with Crippen molar-refractivity contribution in [3.05, 3.63) is 86.0 Å². The van der Waals surface area contributed by atoms with Gasteiger partial charge in [0.05, 0.1) is 11.4 Å². The normalized spacial score (nSPS) is 15.3. The van der Waals surface area contributed by atoms with Crippen LogP contribution >= 0.6 is 34.4 Å². The van der Waals surface area contributed by atoms with Crippen LogP contribution in [0.2, 0.25) is 0 Å². The first-order valence-corrected chi connectivity index (χ1v) is 11.0. The minimum Gasteiger partial charge on any atom is -0.457 e. The lowest BCUT2D eigenvalue weighted by Crippen LogP contribution is -2.27. The second-order valence-corrected chi connectivity index (χ2v) is 8.97. The molecular formula is C23H16INO4S. The third-order valence-electron chi connectivity index (χ3n) is 4.60. The number of imide groups is 1. The molecule has 0 radical (unpaired) electrons. The third kappa shape index (κ3) is 4.41. The van der Waals surface area contributed by atoms with Crippen LogP contribution in [-0.2, 0) is 11.3 Å². The van der Waals surface area contributed by atoms with E-state index in [0.717, 1.165) is 26.5 Å². The van der Waals surface area contributed by atoms with Crippen LogP contribution in [0, 0.1) is 3.57 Å². The maximum absolute atomic E-state index is 12.7. The first-order valence-electron chi connectivity index (χ1n) is 9.12. The second-order valence-electron chi connectivity index (χ2n) is 6.73. The predicted molar refractivity (Wildman–Crippen MR) is 125 cm³/mol. The Labute approximate surface area is 191 Å². The van der Waals surface area contributed by atoms with Gasteiger partial charge >= 0.3 is 0 Å². The van der Waals surface area contributed by atoms with Crippen LogP contribution in [0.25, 0.3) is 17.4 Å². The molecule has 150 valence electrons. The molecule has 0 N–H and O–H groups in total. The van der Waals surface area contributed by atoms with Crippen molar-refractivity contribution in [2.45, 2.75) is 13.5 Å². The van der Waals surface area contributed by atoms with E-state index in [1.165, 1.54) is 11.8 Å². The summed E-state index contributed by atoms with van der Waals surface area (Å²) in [5.41, 5.74) is 2.35. The van der Waals surface area contributed by atoms with E-state index in [1.807, 2.05) is 36.4 Å². The Bertz CT molecular complexity index is 1160. The summed E-state index contributed by atoms with van der Waals surface area (Å²) >= 11 is 3.12. The molecule has 0 bridgehead atoms. The van der Waals surface area contributed by atoms with Crippen molar-refractivity contribution in [2.75, 3.05) is 0 Å².